The van der Waals surface area contributed by atoms with Gasteiger partial charge in [-0.1, -0.05) is 66.7 Å². The van der Waals surface area contributed by atoms with Gasteiger partial charge in [-0.05, 0) is 24.7 Å². The molecule has 11 heteroatoms. The van der Waals surface area contributed by atoms with Gasteiger partial charge < -0.3 is 16.0 Å². The van der Waals surface area contributed by atoms with Crippen molar-refractivity contribution in [1.29, 1.82) is 0 Å². The van der Waals surface area contributed by atoms with Gasteiger partial charge in [0.05, 0.1) is 4.92 Å². The number of nitro groups is 1. The molecule has 0 radical (unpaired) electrons. The largest absolute Gasteiger partial charge is 0.339 e. The molecule has 1 atom stereocenters. The zero-order valence-electron chi connectivity index (χ0n) is 13.9. The Kier molecular flexibility index (Phi) is 9.35. The summed E-state index contributed by atoms with van der Waals surface area (Å²) in [5.74, 6) is -0.296. The number of hydrogen-bond acceptors (Lipinski definition) is 4. The van der Waals surface area contributed by atoms with Crippen LogP contribution >= 0.6 is 47.0 Å². The van der Waals surface area contributed by atoms with E-state index in [1.165, 1.54) is 18.2 Å². The number of anilines is 1. The molecular formula is C15H19Cl3N4O3S. The first-order valence-electron chi connectivity index (χ1n) is 7.82. The Morgan fingerprint density at radius 1 is 1.27 bits per heavy atom. The van der Waals surface area contributed by atoms with Crippen molar-refractivity contribution >= 4 is 69.4 Å². The minimum absolute atomic E-state index is 0.0375. The van der Waals surface area contributed by atoms with Crippen LogP contribution in [0.25, 0.3) is 0 Å². The fourth-order valence-corrected chi connectivity index (χ4v) is 2.55. The summed E-state index contributed by atoms with van der Waals surface area (Å²) in [6.45, 7) is 2.02. The van der Waals surface area contributed by atoms with Gasteiger partial charge in [0.25, 0.3) is 5.69 Å². The predicted molar refractivity (Wildman–Crippen MR) is 109 cm³/mol. The quantitative estimate of drug-likeness (QED) is 0.139. The highest BCUT2D eigenvalue weighted by Gasteiger charge is 2.34. The van der Waals surface area contributed by atoms with Gasteiger partial charge in [-0.25, -0.2) is 0 Å². The molecule has 1 aromatic carbocycles. The van der Waals surface area contributed by atoms with Gasteiger partial charge in [-0.15, -0.1) is 0 Å². The minimum atomic E-state index is -1.88. The van der Waals surface area contributed by atoms with Crippen molar-refractivity contribution in [2.75, 3.05) is 5.32 Å². The van der Waals surface area contributed by atoms with Crippen LogP contribution in [0.3, 0.4) is 0 Å². The number of carbonyl (C=O) groups excluding carboxylic acids is 1. The Hall–Kier alpha value is -1.35. The summed E-state index contributed by atoms with van der Waals surface area (Å²) in [5, 5.41) is 18.9. The van der Waals surface area contributed by atoms with Crippen LogP contribution in [0.1, 0.15) is 32.6 Å². The number of benzene rings is 1. The Labute approximate surface area is 171 Å². The Balaban J connectivity index is 2.75. The van der Waals surface area contributed by atoms with Crippen molar-refractivity contribution in [2.45, 2.75) is 42.6 Å². The van der Waals surface area contributed by atoms with Gasteiger partial charge in [-0.2, -0.15) is 0 Å². The second-order valence-corrected chi connectivity index (χ2v) is 8.15. The van der Waals surface area contributed by atoms with Crippen LogP contribution in [0.2, 0.25) is 0 Å². The number of amides is 1. The van der Waals surface area contributed by atoms with Crippen LogP contribution in [0.5, 0.6) is 0 Å². The Bertz CT molecular complexity index is 655. The standard InChI is InChI=1S/C15H19Cl3N4O3S/c1-2-3-4-9-12(23)20-13(15(16,17)18)21-14(26)19-10-7-5-6-8-11(10)22(24)25/h5-8,13H,2-4,9H2,1H3,(H,20,23)(H2,19,21,26). The summed E-state index contributed by atoms with van der Waals surface area (Å²) in [4.78, 5) is 22.5. The van der Waals surface area contributed by atoms with Gasteiger partial charge in [0, 0.05) is 12.5 Å². The van der Waals surface area contributed by atoms with Crippen molar-refractivity contribution in [3.8, 4) is 0 Å². The van der Waals surface area contributed by atoms with E-state index in [0.717, 1.165) is 12.8 Å². The molecule has 0 saturated heterocycles. The van der Waals surface area contributed by atoms with E-state index < -0.39 is 14.9 Å². The molecule has 0 aromatic heterocycles. The highest BCUT2D eigenvalue weighted by Crippen LogP contribution is 2.29. The molecule has 0 aliphatic heterocycles. The van der Waals surface area contributed by atoms with Crippen molar-refractivity contribution in [2.24, 2.45) is 0 Å². The monoisotopic (exact) mass is 440 g/mol. The number of nitrogens with zero attached hydrogens (tertiary/aromatic N) is 1. The molecule has 1 aromatic rings. The first-order chi connectivity index (χ1) is 12.1. The van der Waals surface area contributed by atoms with E-state index in [9.17, 15) is 14.9 Å². The molecule has 1 rings (SSSR count). The minimum Gasteiger partial charge on any atom is -0.339 e. The number of para-hydroxylation sites is 2. The number of hydrogen-bond donors (Lipinski definition) is 3. The lowest BCUT2D eigenvalue weighted by Crippen LogP contribution is -2.56. The number of nitro benzene ring substituents is 1. The molecule has 1 amide bonds. The van der Waals surface area contributed by atoms with Crippen LogP contribution in [-0.2, 0) is 4.79 Å². The molecule has 0 heterocycles. The van der Waals surface area contributed by atoms with E-state index in [1.54, 1.807) is 6.07 Å². The lowest BCUT2D eigenvalue weighted by molar-refractivity contribution is -0.383. The molecule has 26 heavy (non-hydrogen) atoms. The van der Waals surface area contributed by atoms with Gasteiger partial charge in [0.15, 0.2) is 5.11 Å². The lowest BCUT2D eigenvalue weighted by atomic mass is 10.2. The first kappa shape index (κ1) is 22.7. The van der Waals surface area contributed by atoms with Crippen molar-refractivity contribution in [3.63, 3.8) is 0 Å². The van der Waals surface area contributed by atoms with Crippen LogP contribution in [0.15, 0.2) is 24.3 Å². The molecule has 1 unspecified atom stereocenters. The zero-order chi connectivity index (χ0) is 19.7. The van der Waals surface area contributed by atoms with Gasteiger partial charge in [0.2, 0.25) is 9.70 Å². The molecule has 0 bridgehead atoms. The van der Waals surface area contributed by atoms with Crippen molar-refractivity contribution in [1.82, 2.24) is 10.6 Å². The number of nitrogens with one attached hydrogen (secondary N) is 3. The number of halogens is 3. The zero-order valence-corrected chi connectivity index (χ0v) is 17.0. The molecular weight excluding hydrogens is 423 g/mol. The number of alkyl halides is 3. The highest BCUT2D eigenvalue weighted by molar-refractivity contribution is 7.80. The summed E-state index contributed by atoms with van der Waals surface area (Å²) < 4.78 is -1.88. The van der Waals surface area contributed by atoms with E-state index in [2.05, 4.69) is 16.0 Å². The maximum atomic E-state index is 12.0. The SMILES string of the molecule is CCCCCC(=O)NC(NC(=S)Nc1ccccc1[N+](=O)[O-])C(Cl)(Cl)Cl. The predicted octanol–water partition coefficient (Wildman–Crippen LogP) is 4.27. The fourth-order valence-electron chi connectivity index (χ4n) is 2.00. The number of rotatable bonds is 8. The summed E-state index contributed by atoms with van der Waals surface area (Å²) in [6, 6.07) is 5.95. The summed E-state index contributed by atoms with van der Waals surface area (Å²) >= 11 is 22.8. The normalized spacial score (nSPS) is 12.2. The van der Waals surface area contributed by atoms with Crippen LogP contribution in [-0.4, -0.2) is 25.9 Å². The molecule has 0 aliphatic rings. The third-order valence-electron chi connectivity index (χ3n) is 3.26. The van der Waals surface area contributed by atoms with E-state index in [0.29, 0.717) is 6.42 Å². The maximum Gasteiger partial charge on any atom is 0.292 e. The molecule has 0 spiro atoms. The first-order valence-corrected chi connectivity index (χ1v) is 9.36. The fraction of sp³-hybridized carbons (Fsp3) is 0.467. The van der Waals surface area contributed by atoms with E-state index >= 15 is 0 Å². The molecule has 0 aliphatic carbocycles. The second-order valence-electron chi connectivity index (χ2n) is 5.37. The Morgan fingerprint density at radius 2 is 1.92 bits per heavy atom. The topological polar surface area (TPSA) is 96.3 Å². The number of unbranched alkanes of at least 4 members (excludes halogenated alkanes) is 2. The van der Waals surface area contributed by atoms with Crippen molar-refractivity contribution in [3.05, 3.63) is 34.4 Å². The smallest absolute Gasteiger partial charge is 0.292 e. The van der Waals surface area contributed by atoms with Gasteiger partial charge in [0.1, 0.15) is 11.9 Å². The van der Waals surface area contributed by atoms with Crippen LogP contribution in [0, 0.1) is 10.1 Å². The summed E-state index contributed by atoms with van der Waals surface area (Å²) in [6.07, 6.45) is 1.79. The summed E-state index contributed by atoms with van der Waals surface area (Å²) in [5.41, 5.74) is 0.0121. The third kappa shape index (κ3) is 7.90. The molecule has 7 nitrogen and oxygen atoms in total. The second kappa shape index (κ2) is 10.7. The van der Waals surface area contributed by atoms with Crippen LogP contribution in [0.4, 0.5) is 11.4 Å². The Morgan fingerprint density at radius 3 is 2.50 bits per heavy atom. The van der Waals surface area contributed by atoms with Crippen LogP contribution < -0.4 is 16.0 Å². The van der Waals surface area contributed by atoms with Crippen molar-refractivity contribution < 1.29 is 9.72 Å². The molecule has 0 fully saturated rings. The van der Waals surface area contributed by atoms with E-state index in [-0.39, 0.29) is 28.8 Å². The van der Waals surface area contributed by atoms with E-state index in [1.807, 2.05) is 6.92 Å². The third-order valence-corrected chi connectivity index (χ3v) is 4.14. The maximum absolute atomic E-state index is 12.0. The average Bonchev–Trinajstić information content (AvgIpc) is 2.54. The van der Waals surface area contributed by atoms with Gasteiger partial charge in [-0.3, -0.25) is 14.9 Å². The molecule has 0 saturated carbocycles. The summed E-state index contributed by atoms with van der Waals surface area (Å²) in [7, 11) is 0. The number of thiocarbonyl (C=S) groups is 1. The molecule has 144 valence electrons. The molecule has 3 N–H and O–H groups in total. The lowest BCUT2D eigenvalue weighted by Gasteiger charge is -2.27. The average molecular weight is 442 g/mol. The van der Waals surface area contributed by atoms with Gasteiger partial charge >= 0.3 is 0 Å². The van der Waals surface area contributed by atoms with E-state index in [4.69, 9.17) is 47.0 Å². The number of carbonyl (C=O) groups is 1. The highest BCUT2D eigenvalue weighted by atomic mass is 35.6.